The van der Waals surface area contributed by atoms with Crippen LogP contribution in [0.2, 0.25) is 0 Å². The van der Waals surface area contributed by atoms with Crippen LogP contribution in [-0.2, 0) is 20.7 Å². The molecule has 0 spiro atoms. The normalized spacial score (nSPS) is 25.5. The van der Waals surface area contributed by atoms with Crippen molar-refractivity contribution in [1.82, 2.24) is 10.6 Å². The fourth-order valence-electron chi connectivity index (χ4n) is 3.79. The second-order valence-corrected chi connectivity index (χ2v) is 7.62. The minimum atomic E-state index is -0.0485. The minimum absolute atomic E-state index is 0.0425. The molecule has 7 nitrogen and oxygen atoms in total. The Morgan fingerprint density at radius 3 is 2.82 bits per heavy atom. The number of furan rings is 1. The van der Waals surface area contributed by atoms with Crippen LogP contribution in [0.3, 0.4) is 0 Å². The molecule has 1 aliphatic carbocycles. The van der Waals surface area contributed by atoms with E-state index in [1.165, 1.54) is 0 Å². The second-order valence-electron chi connectivity index (χ2n) is 7.62. The predicted octanol–water partition coefficient (Wildman–Crippen LogP) is 2.52. The van der Waals surface area contributed by atoms with Gasteiger partial charge in [0.2, 0.25) is 0 Å². The molecule has 2 aliphatic rings. The van der Waals surface area contributed by atoms with Gasteiger partial charge < -0.3 is 24.5 Å². The Bertz CT molecular complexity index is 603. The number of hydrogen-bond donors (Lipinski definition) is 2. The van der Waals surface area contributed by atoms with E-state index in [1.807, 2.05) is 19.1 Å². The number of hydrogen-bond acceptors (Lipinski definition) is 5. The summed E-state index contributed by atoms with van der Waals surface area (Å²) >= 11 is 0. The van der Waals surface area contributed by atoms with Gasteiger partial charge in [0.05, 0.1) is 25.4 Å². The molecular weight excluding hydrogens is 358 g/mol. The Morgan fingerprint density at radius 2 is 2.14 bits per heavy atom. The number of guanidine groups is 1. The lowest BCUT2D eigenvalue weighted by atomic mass is 9.86. The first-order chi connectivity index (χ1) is 13.7. The van der Waals surface area contributed by atoms with E-state index in [1.54, 1.807) is 6.26 Å². The van der Waals surface area contributed by atoms with Crippen LogP contribution >= 0.6 is 0 Å². The summed E-state index contributed by atoms with van der Waals surface area (Å²) in [6, 6.07) is 4.23. The van der Waals surface area contributed by atoms with Gasteiger partial charge in [0.15, 0.2) is 5.96 Å². The lowest BCUT2D eigenvalue weighted by Crippen LogP contribution is -2.46. The molecule has 1 atom stereocenters. The van der Waals surface area contributed by atoms with E-state index in [4.69, 9.17) is 18.9 Å². The molecule has 2 N–H and O–H groups in total. The summed E-state index contributed by atoms with van der Waals surface area (Å²) in [6.45, 7) is 5.49. The minimum Gasteiger partial charge on any atom is -0.469 e. The summed E-state index contributed by atoms with van der Waals surface area (Å²) in [5.74, 6) is 2.31. The molecule has 1 aromatic heterocycles. The van der Waals surface area contributed by atoms with Crippen molar-refractivity contribution in [2.45, 2.75) is 51.5 Å². The SMILES string of the molecule is CCOC(=O)C1CCC(NC(=NCC2CCOC2)NCCc2ccco2)CC1. The molecule has 2 fully saturated rings. The third-order valence-corrected chi connectivity index (χ3v) is 5.46. The van der Waals surface area contributed by atoms with E-state index in [9.17, 15) is 4.79 Å². The van der Waals surface area contributed by atoms with E-state index in [-0.39, 0.29) is 11.9 Å². The first kappa shape index (κ1) is 20.7. The topological polar surface area (TPSA) is 85.1 Å². The maximum absolute atomic E-state index is 11.9. The Labute approximate surface area is 167 Å². The third kappa shape index (κ3) is 6.55. The number of ether oxygens (including phenoxy) is 2. The monoisotopic (exact) mass is 391 g/mol. The van der Waals surface area contributed by atoms with Crippen LogP contribution in [0.25, 0.3) is 0 Å². The number of carbonyl (C=O) groups is 1. The molecule has 0 amide bonds. The maximum Gasteiger partial charge on any atom is 0.308 e. The maximum atomic E-state index is 11.9. The number of nitrogens with zero attached hydrogens (tertiary/aromatic N) is 1. The Balaban J connectivity index is 1.48. The standard InChI is InChI=1S/C21H33N3O4/c1-2-27-20(25)17-5-7-18(8-6-17)24-21(23-14-16-10-13-26-15-16)22-11-9-19-4-3-12-28-19/h3-4,12,16-18H,2,5-11,13-15H2,1H3,(H2,22,23,24). The van der Waals surface area contributed by atoms with Crippen molar-refractivity contribution >= 4 is 11.9 Å². The van der Waals surface area contributed by atoms with Gasteiger partial charge >= 0.3 is 5.97 Å². The zero-order chi connectivity index (χ0) is 19.6. The molecule has 2 heterocycles. The van der Waals surface area contributed by atoms with Gasteiger partial charge in [-0.1, -0.05) is 0 Å². The van der Waals surface area contributed by atoms with Gasteiger partial charge in [-0.25, -0.2) is 0 Å². The Kier molecular flexibility index (Phi) is 8.21. The first-order valence-corrected chi connectivity index (χ1v) is 10.6. The molecule has 0 aromatic carbocycles. The second kappa shape index (κ2) is 11.1. The molecule has 1 aliphatic heterocycles. The van der Waals surface area contributed by atoms with Gasteiger partial charge in [0.25, 0.3) is 0 Å². The van der Waals surface area contributed by atoms with E-state index in [0.717, 1.165) is 76.5 Å². The largest absolute Gasteiger partial charge is 0.469 e. The third-order valence-electron chi connectivity index (χ3n) is 5.46. The number of nitrogens with one attached hydrogen (secondary N) is 2. The average molecular weight is 392 g/mol. The molecular formula is C21H33N3O4. The van der Waals surface area contributed by atoms with Gasteiger partial charge in [-0.15, -0.1) is 0 Å². The Hall–Kier alpha value is -2.02. The van der Waals surface area contributed by atoms with Crippen LogP contribution in [0.1, 0.15) is 44.8 Å². The summed E-state index contributed by atoms with van der Waals surface area (Å²) in [4.78, 5) is 16.7. The summed E-state index contributed by atoms with van der Waals surface area (Å²) in [5.41, 5.74) is 0. The number of rotatable bonds is 8. The average Bonchev–Trinajstić information content (AvgIpc) is 3.41. The van der Waals surface area contributed by atoms with E-state index < -0.39 is 0 Å². The number of esters is 1. The lowest BCUT2D eigenvalue weighted by Gasteiger charge is -2.29. The molecule has 1 unspecified atom stereocenters. The van der Waals surface area contributed by atoms with Crippen molar-refractivity contribution in [3.8, 4) is 0 Å². The number of aliphatic imine (C=N–C) groups is 1. The molecule has 7 heteroatoms. The highest BCUT2D eigenvalue weighted by atomic mass is 16.5. The fraction of sp³-hybridized carbons (Fsp3) is 0.714. The summed E-state index contributed by atoms with van der Waals surface area (Å²) in [6.07, 6.45) is 7.23. The molecule has 1 aromatic rings. The van der Waals surface area contributed by atoms with Crippen molar-refractivity contribution in [2.75, 3.05) is 32.9 Å². The van der Waals surface area contributed by atoms with Gasteiger partial charge in [0.1, 0.15) is 5.76 Å². The van der Waals surface area contributed by atoms with Crippen LogP contribution in [0.5, 0.6) is 0 Å². The van der Waals surface area contributed by atoms with Crippen molar-refractivity contribution in [2.24, 2.45) is 16.8 Å². The van der Waals surface area contributed by atoms with Crippen molar-refractivity contribution in [3.05, 3.63) is 24.2 Å². The smallest absolute Gasteiger partial charge is 0.308 e. The van der Waals surface area contributed by atoms with E-state index >= 15 is 0 Å². The molecule has 1 saturated carbocycles. The summed E-state index contributed by atoms with van der Waals surface area (Å²) in [7, 11) is 0. The van der Waals surface area contributed by atoms with Gasteiger partial charge in [-0.05, 0) is 51.2 Å². The van der Waals surface area contributed by atoms with Crippen LogP contribution in [0, 0.1) is 11.8 Å². The highest BCUT2D eigenvalue weighted by Crippen LogP contribution is 2.25. The van der Waals surface area contributed by atoms with Crippen molar-refractivity contribution in [1.29, 1.82) is 0 Å². The van der Waals surface area contributed by atoms with Crippen molar-refractivity contribution in [3.63, 3.8) is 0 Å². The molecule has 0 bridgehead atoms. The van der Waals surface area contributed by atoms with Gasteiger partial charge in [-0.3, -0.25) is 9.79 Å². The molecule has 0 radical (unpaired) electrons. The zero-order valence-corrected chi connectivity index (χ0v) is 16.8. The molecule has 28 heavy (non-hydrogen) atoms. The van der Waals surface area contributed by atoms with Crippen LogP contribution in [-0.4, -0.2) is 50.9 Å². The Morgan fingerprint density at radius 1 is 1.29 bits per heavy atom. The summed E-state index contributed by atoms with van der Waals surface area (Å²) < 4.78 is 16.0. The highest BCUT2D eigenvalue weighted by molar-refractivity contribution is 5.80. The quantitative estimate of drug-likeness (QED) is 0.402. The van der Waals surface area contributed by atoms with Crippen LogP contribution in [0.15, 0.2) is 27.8 Å². The fourth-order valence-corrected chi connectivity index (χ4v) is 3.79. The van der Waals surface area contributed by atoms with E-state index in [0.29, 0.717) is 18.6 Å². The molecule has 1 saturated heterocycles. The van der Waals surface area contributed by atoms with Gasteiger partial charge in [0, 0.05) is 38.1 Å². The lowest BCUT2D eigenvalue weighted by molar-refractivity contribution is -0.149. The number of carbonyl (C=O) groups excluding carboxylic acids is 1. The van der Waals surface area contributed by atoms with Gasteiger partial charge in [-0.2, -0.15) is 0 Å². The predicted molar refractivity (Wildman–Crippen MR) is 107 cm³/mol. The highest BCUT2D eigenvalue weighted by Gasteiger charge is 2.27. The first-order valence-electron chi connectivity index (χ1n) is 10.6. The molecule has 3 rings (SSSR count). The van der Waals surface area contributed by atoms with E-state index in [2.05, 4.69) is 10.6 Å². The van der Waals surface area contributed by atoms with Crippen molar-refractivity contribution < 1.29 is 18.7 Å². The molecule has 156 valence electrons. The van der Waals surface area contributed by atoms with Crippen LogP contribution in [0.4, 0.5) is 0 Å². The zero-order valence-electron chi connectivity index (χ0n) is 16.8. The summed E-state index contributed by atoms with van der Waals surface area (Å²) in [5, 5.41) is 7.00. The van der Waals surface area contributed by atoms with Crippen LogP contribution < -0.4 is 10.6 Å².